The zero-order valence-electron chi connectivity index (χ0n) is 15.2. The zero-order valence-corrected chi connectivity index (χ0v) is 16.0. The summed E-state index contributed by atoms with van der Waals surface area (Å²) in [5.41, 5.74) is 4.08. The number of fused-ring (bicyclic) bond motifs is 1. The maximum Gasteiger partial charge on any atom is 0.306 e. The van der Waals surface area contributed by atoms with Gasteiger partial charge in [0, 0.05) is 12.1 Å². The maximum absolute atomic E-state index is 11.0. The van der Waals surface area contributed by atoms with Crippen molar-refractivity contribution >= 4 is 28.6 Å². The Morgan fingerprint density at radius 3 is 2.63 bits per heavy atom. The van der Waals surface area contributed by atoms with Crippen LogP contribution in [0.25, 0.3) is 16.7 Å². The van der Waals surface area contributed by atoms with Gasteiger partial charge < -0.3 is 5.11 Å². The first kappa shape index (κ1) is 18.9. The highest BCUT2D eigenvalue weighted by molar-refractivity contribution is 6.32. The van der Waals surface area contributed by atoms with Crippen molar-refractivity contribution in [3.63, 3.8) is 0 Å². The number of carboxylic acids is 1. The predicted octanol–water partition coefficient (Wildman–Crippen LogP) is 4.77. The monoisotopic (exact) mass is 381 g/mol. The number of rotatable bonds is 6. The fourth-order valence-electron chi connectivity index (χ4n) is 3.08. The summed E-state index contributed by atoms with van der Waals surface area (Å²) in [5, 5.41) is 18.6. The standard InChI is InChI=1S/C21H20ClN3O2/c1-3-20-24-18-10-15(12-23)17(22)11-19(18)25(20)16-8-6-14(7-9-16)5-4-13(2)21(26)27/h6-11,13H,3-5H2,1-2H3,(H,26,27). The van der Waals surface area contributed by atoms with Crippen LogP contribution in [0.2, 0.25) is 5.02 Å². The molecule has 0 aliphatic heterocycles. The third kappa shape index (κ3) is 3.81. The van der Waals surface area contributed by atoms with Gasteiger partial charge in [0.25, 0.3) is 0 Å². The van der Waals surface area contributed by atoms with Crippen molar-refractivity contribution in [2.45, 2.75) is 33.1 Å². The van der Waals surface area contributed by atoms with Crippen molar-refractivity contribution in [2.75, 3.05) is 0 Å². The summed E-state index contributed by atoms with van der Waals surface area (Å²) in [6.45, 7) is 3.76. The summed E-state index contributed by atoms with van der Waals surface area (Å²) in [6.07, 6.45) is 2.07. The number of aliphatic carboxylic acids is 1. The van der Waals surface area contributed by atoms with Crippen LogP contribution in [0, 0.1) is 17.2 Å². The van der Waals surface area contributed by atoms with E-state index in [9.17, 15) is 10.1 Å². The minimum Gasteiger partial charge on any atom is -0.481 e. The molecule has 5 nitrogen and oxygen atoms in total. The maximum atomic E-state index is 11.0. The highest BCUT2D eigenvalue weighted by atomic mass is 35.5. The van der Waals surface area contributed by atoms with Gasteiger partial charge in [-0.15, -0.1) is 0 Å². The van der Waals surface area contributed by atoms with Crippen molar-refractivity contribution in [2.24, 2.45) is 5.92 Å². The molecule has 0 saturated carbocycles. The molecule has 6 heteroatoms. The van der Waals surface area contributed by atoms with Crippen LogP contribution >= 0.6 is 11.6 Å². The molecule has 0 aliphatic rings. The third-order valence-electron chi connectivity index (χ3n) is 4.73. The normalized spacial score (nSPS) is 12.1. The number of imidazole rings is 1. The van der Waals surface area contributed by atoms with E-state index in [2.05, 4.69) is 11.1 Å². The second-order valence-corrected chi connectivity index (χ2v) is 7.00. The largest absolute Gasteiger partial charge is 0.481 e. The van der Waals surface area contributed by atoms with Gasteiger partial charge in [-0.2, -0.15) is 5.26 Å². The van der Waals surface area contributed by atoms with E-state index in [1.54, 1.807) is 19.1 Å². The highest BCUT2D eigenvalue weighted by Gasteiger charge is 2.15. The van der Waals surface area contributed by atoms with Gasteiger partial charge in [-0.05, 0) is 42.7 Å². The molecule has 1 aromatic heterocycles. The molecule has 27 heavy (non-hydrogen) atoms. The van der Waals surface area contributed by atoms with Crippen molar-refractivity contribution in [1.29, 1.82) is 5.26 Å². The molecule has 1 heterocycles. The molecule has 0 aliphatic carbocycles. The van der Waals surface area contributed by atoms with E-state index in [-0.39, 0.29) is 5.92 Å². The average Bonchev–Trinajstić information content (AvgIpc) is 3.02. The topological polar surface area (TPSA) is 78.9 Å². The zero-order chi connectivity index (χ0) is 19.6. The summed E-state index contributed by atoms with van der Waals surface area (Å²) in [6, 6.07) is 13.6. The molecule has 1 unspecified atom stereocenters. The number of carbonyl (C=O) groups is 1. The second-order valence-electron chi connectivity index (χ2n) is 6.59. The molecule has 2 aromatic carbocycles. The minimum absolute atomic E-state index is 0.356. The van der Waals surface area contributed by atoms with Crippen LogP contribution < -0.4 is 0 Å². The van der Waals surface area contributed by atoms with Gasteiger partial charge in [0.1, 0.15) is 11.9 Å². The first-order valence-electron chi connectivity index (χ1n) is 8.87. The van der Waals surface area contributed by atoms with E-state index in [0.717, 1.165) is 41.0 Å². The summed E-state index contributed by atoms with van der Waals surface area (Å²) in [5.74, 6) is -0.230. The van der Waals surface area contributed by atoms with Crippen LogP contribution in [0.15, 0.2) is 36.4 Å². The number of aromatic nitrogens is 2. The number of carboxylic acid groups (broad SMARTS) is 1. The molecule has 1 N–H and O–H groups in total. The predicted molar refractivity (Wildman–Crippen MR) is 105 cm³/mol. The van der Waals surface area contributed by atoms with E-state index in [1.165, 1.54) is 0 Å². The molecular formula is C21H20ClN3O2. The Morgan fingerprint density at radius 2 is 2.04 bits per heavy atom. The molecule has 0 fully saturated rings. The Hall–Kier alpha value is -2.84. The molecule has 1 atom stereocenters. The van der Waals surface area contributed by atoms with Crippen LogP contribution in [0.4, 0.5) is 0 Å². The number of nitriles is 1. The Morgan fingerprint density at radius 1 is 1.33 bits per heavy atom. The van der Waals surface area contributed by atoms with Gasteiger partial charge in [-0.1, -0.05) is 37.6 Å². The van der Waals surface area contributed by atoms with Gasteiger partial charge in [0.15, 0.2) is 0 Å². The second kappa shape index (κ2) is 7.81. The summed E-state index contributed by atoms with van der Waals surface area (Å²) in [7, 11) is 0. The highest BCUT2D eigenvalue weighted by Crippen LogP contribution is 2.28. The summed E-state index contributed by atoms with van der Waals surface area (Å²) in [4.78, 5) is 15.6. The van der Waals surface area contributed by atoms with Crippen LogP contribution in [-0.2, 0) is 17.6 Å². The number of nitrogens with zero attached hydrogens (tertiary/aromatic N) is 3. The van der Waals surface area contributed by atoms with Crippen molar-refractivity contribution in [1.82, 2.24) is 9.55 Å². The lowest BCUT2D eigenvalue weighted by Gasteiger charge is -2.10. The lowest BCUT2D eigenvalue weighted by Crippen LogP contribution is -2.10. The Labute approximate surface area is 162 Å². The number of benzene rings is 2. The van der Waals surface area contributed by atoms with E-state index >= 15 is 0 Å². The fourth-order valence-corrected chi connectivity index (χ4v) is 3.28. The van der Waals surface area contributed by atoms with Crippen molar-refractivity contribution < 1.29 is 9.90 Å². The van der Waals surface area contributed by atoms with E-state index in [4.69, 9.17) is 16.7 Å². The van der Waals surface area contributed by atoms with E-state index in [1.807, 2.05) is 35.8 Å². The van der Waals surface area contributed by atoms with Crippen LogP contribution in [0.1, 0.15) is 37.2 Å². The SMILES string of the molecule is CCc1nc2cc(C#N)c(Cl)cc2n1-c1ccc(CCC(C)C(=O)O)cc1. The van der Waals surface area contributed by atoms with Gasteiger partial charge in [0.05, 0.1) is 27.5 Å². The molecule has 0 amide bonds. The number of aryl methyl sites for hydroxylation is 2. The van der Waals surface area contributed by atoms with Crippen molar-refractivity contribution in [3.05, 3.63) is 58.4 Å². The molecular weight excluding hydrogens is 362 g/mol. The summed E-state index contributed by atoms with van der Waals surface area (Å²) < 4.78 is 2.05. The van der Waals surface area contributed by atoms with Crippen LogP contribution in [0.3, 0.4) is 0 Å². The Bertz CT molecular complexity index is 1030. The number of hydrogen-bond donors (Lipinski definition) is 1. The molecule has 3 rings (SSSR count). The fraction of sp³-hybridized carbons (Fsp3) is 0.286. The van der Waals surface area contributed by atoms with E-state index < -0.39 is 5.97 Å². The van der Waals surface area contributed by atoms with Gasteiger partial charge in [-0.25, -0.2) is 4.98 Å². The lowest BCUT2D eigenvalue weighted by atomic mass is 10.0. The molecule has 0 saturated heterocycles. The number of hydrogen-bond acceptors (Lipinski definition) is 3. The Kier molecular flexibility index (Phi) is 5.48. The molecule has 138 valence electrons. The van der Waals surface area contributed by atoms with Gasteiger partial charge in [-0.3, -0.25) is 9.36 Å². The average molecular weight is 382 g/mol. The molecule has 0 bridgehead atoms. The summed E-state index contributed by atoms with van der Waals surface area (Å²) >= 11 is 6.23. The number of halogens is 1. The van der Waals surface area contributed by atoms with Crippen LogP contribution in [-0.4, -0.2) is 20.6 Å². The molecule has 0 spiro atoms. The van der Waals surface area contributed by atoms with Crippen molar-refractivity contribution in [3.8, 4) is 11.8 Å². The van der Waals surface area contributed by atoms with Gasteiger partial charge >= 0.3 is 5.97 Å². The lowest BCUT2D eigenvalue weighted by molar-refractivity contribution is -0.141. The first-order chi connectivity index (χ1) is 12.9. The Balaban J connectivity index is 1.96. The van der Waals surface area contributed by atoms with Gasteiger partial charge in [0.2, 0.25) is 0 Å². The molecule has 0 radical (unpaired) electrons. The molecule has 3 aromatic rings. The minimum atomic E-state index is -0.766. The quantitative estimate of drug-likeness (QED) is 0.667. The third-order valence-corrected chi connectivity index (χ3v) is 5.04. The smallest absolute Gasteiger partial charge is 0.306 e. The van der Waals surface area contributed by atoms with Crippen LogP contribution in [0.5, 0.6) is 0 Å². The van der Waals surface area contributed by atoms with E-state index in [0.29, 0.717) is 17.0 Å². The first-order valence-corrected chi connectivity index (χ1v) is 9.25.